The summed E-state index contributed by atoms with van der Waals surface area (Å²) in [5.41, 5.74) is 9.46. The molecule has 0 aromatic heterocycles. The van der Waals surface area contributed by atoms with Crippen molar-refractivity contribution in [1.29, 1.82) is 0 Å². The lowest BCUT2D eigenvalue weighted by Crippen LogP contribution is -2.19. The maximum atomic E-state index is 14.3. The molecule has 2 N–H and O–H groups in total. The number of rotatable bonds is 2. The molecule has 21 heavy (non-hydrogen) atoms. The highest BCUT2D eigenvalue weighted by Gasteiger charge is 2.32. The SMILES string of the molecule is Cc1cccc(C(N)c2ccc3c(c2)C(C)(C)CO3)c1F. The van der Waals surface area contributed by atoms with Crippen molar-refractivity contribution in [2.24, 2.45) is 5.73 Å². The molecule has 3 rings (SSSR count). The molecular weight excluding hydrogens is 265 g/mol. The normalized spacial score (nSPS) is 17.2. The van der Waals surface area contributed by atoms with E-state index in [4.69, 9.17) is 10.5 Å². The highest BCUT2D eigenvalue weighted by Crippen LogP contribution is 2.40. The zero-order valence-corrected chi connectivity index (χ0v) is 12.6. The van der Waals surface area contributed by atoms with Crippen LogP contribution in [0.15, 0.2) is 36.4 Å². The molecule has 0 radical (unpaired) electrons. The van der Waals surface area contributed by atoms with E-state index in [1.165, 1.54) is 0 Å². The fourth-order valence-corrected chi connectivity index (χ4v) is 2.82. The third kappa shape index (κ3) is 2.32. The molecule has 0 amide bonds. The first kappa shape index (κ1) is 14.1. The van der Waals surface area contributed by atoms with Gasteiger partial charge in [0.2, 0.25) is 0 Å². The predicted octanol–water partition coefficient (Wildman–Crippen LogP) is 3.85. The molecule has 0 bridgehead atoms. The highest BCUT2D eigenvalue weighted by atomic mass is 19.1. The van der Waals surface area contributed by atoms with E-state index in [0.29, 0.717) is 17.7 Å². The Morgan fingerprint density at radius 1 is 1.24 bits per heavy atom. The number of fused-ring (bicyclic) bond motifs is 1. The Bertz CT molecular complexity index is 694. The maximum absolute atomic E-state index is 14.3. The first-order valence-electron chi connectivity index (χ1n) is 7.18. The van der Waals surface area contributed by atoms with Gasteiger partial charge >= 0.3 is 0 Å². The number of hydrogen-bond donors (Lipinski definition) is 1. The van der Waals surface area contributed by atoms with Gasteiger partial charge in [0, 0.05) is 16.5 Å². The van der Waals surface area contributed by atoms with Crippen LogP contribution in [0.2, 0.25) is 0 Å². The van der Waals surface area contributed by atoms with Crippen LogP contribution in [0.5, 0.6) is 5.75 Å². The van der Waals surface area contributed by atoms with E-state index in [2.05, 4.69) is 19.9 Å². The molecule has 2 aromatic rings. The van der Waals surface area contributed by atoms with Crippen LogP contribution in [0.3, 0.4) is 0 Å². The summed E-state index contributed by atoms with van der Waals surface area (Å²) < 4.78 is 19.9. The smallest absolute Gasteiger partial charge is 0.131 e. The summed E-state index contributed by atoms with van der Waals surface area (Å²) in [5.74, 6) is 0.682. The van der Waals surface area contributed by atoms with Gasteiger partial charge in [0.1, 0.15) is 11.6 Å². The Hall–Kier alpha value is -1.87. The molecule has 1 aliphatic rings. The van der Waals surface area contributed by atoms with E-state index in [1.807, 2.05) is 18.2 Å². The second-order valence-electron chi connectivity index (χ2n) is 6.38. The molecule has 1 heterocycles. The molecule has 1 unspecified atom stereocenters. The van der Waals surface area contributed by atoms with Crippen molar-refractivity contribution in [3.05, 3.63) is 64.5 Å². The van der Waals surface area contributed by atoms with Crippen molar-refractivity contribution in [3.8, 4) is 5.75 Å². The average Bonchev–Trinajstić information content (AvgIpc) is 2.76. The topological polar surface area (TPSA) is 35.2 Å². The van der Waals surface area contributed by atoms with Gasteiger partial charge in [0.05, 0.1) is 12.6 Å². The predicted molar refractivity (Wildman–Crippen MR) is 82.1 cm³/mol. The molecule has 2 nitrogen and oxygen atoms in total. The summed E-state index contributed by atoms with van der Waals surface area (Å²) in [5, 5.41) is 0. The number of benzene rings is 2. The van der Waals surface area contributed by atoms with Gasteiger partial charge in [-0.3, -0.25) is 0 Å². The van der Waals surface area contributed by atoms with E-state index in [0.717, 1.165) is 16.9 Å². The lowest BCUT2D eigenvalue weighted by Gasteiger charge is -2.19. The quantitative estimate of drug-likeness (QED) is 0.909. The number of hydrogen-bond acceptors (Lipinski definition) is 2. The third-order valence-corrected chi connectivity index (χ3v) is 4.24. The van der Waals surface area contributed by atoms with Gasteiger partial charge in [-0.1, -0.05) is 38.1 Å². The van der Waals surface area contributed by atoms with E-state index in [9.17, 15) is 4.39 Å². The largest absolute Gasteiger partial charge is 0.492 e. The zero-order valence-electron chi connectivity index (χ0n) is 12.6. The number of aryl methyl sites for hydroxylation is 1. The summed E-state index contributed by atoms with van der Waals surface area (Å²) in [4.78, 5) is 0. The Kier molecular flexibility index (Phi) is 3.25. The lowest BCUT2D eigenvalue weighted by atomic mass is 9.85. The van der Waals surface area contributed by atoms with Gasteiger partial charge in [-0.2, -0.15) is 0 Å². The van der Waals surface area contributed by atoms with Crippen LogP contribution >= 0.6 is 0 Å². The molecule has 0 spiro atoms. The minimum atomic E-state index is -0.466. The van der Waals surface area contributed by atoms with E-state index < -0.39 is 6.04 Å². The van der Waals surface area contributed by atoms with Crippen molar-refractivity contribution >= 4 is 0 Å². The van der Waals surface area contributed by atoms with Crippen molar-refractivity contribution in [2.45, 2.75) is 32.2 Å². The molecule has 3 heteroatoms. The van der Waals surface area contributed by atoms with Crippen LogP contribution in [0, 0.1) is 12.7 Å². The molecule has 0 saturated heterocycles. The summed E-state index contributed by atoms with van der Waals surface area (Å²) in [7, 11) is 0. The molecule has 2 aromatic carbocycles. The molecule has 1 atom stereocenters. The summed E-state index contributed by atoms with van der Waals surface area (Å²) in [6, 6.07) is 10.8. The van der Waals surface area contributed by atoms with Crippen molar-refractivity contribution in [2.75, 3.05) is 6.61 Å². The molecule has 1 aliphatic heterocycles. The molecule has 0 fully saturated rings. The first-order valence-corrected chi connectivity index (χ1v) is 7.18. The first-order chi connectivity index (χ1) is 9.90. The van der Waals surface area contributed by atoms with Crippen LogP contribution in [0.1, 0.15) is 42.1 Å². The lowest BCUT2D eigenvalue weighted by molar-refractivity contribution is 0.291. The third-order valence-electron chi connectivity index (χ3n) is 4.24. The summed E-state index contributed by atoms with van der Waals surface area (Å²) in [6.45, 7) is 6.70. The van der Waals surface area contributed by atoms with Crippen molar-refractivity contribution < 1.29 is 9.13 Å². The van der Waals surface area contributed by atoms with Crippen LogP contribution < -0.4 is 10.5 Å². The fourth-order valence-electron chi connectivity index (χ4n) is 2.82. The van der Waals surface area contributed by atoms with Gasteiger partial charge in [-0.05, 0) is 30.2 Å². The molecule has 0 aliphatic carbocycles. The Morgan fingerprint density at radius 3 is 2.76 bits per heavy atom. The second-order valence-corrected chi connectivity index (χ2v) is 6.38. The zero-order chi connectivity index (χ0) is 15.2. The molecular formula is C18H20FNO. The second kappa shape index (κ2) is 4.85. The maximum Gasteiger partial charge on any atom is 0.131 e. The Balaban J connectivity index is 2.03. The van der Waals surface area contributed by atoms with Crippen molar-refractivity contribution in [3.63, 3.8) is 0 Å². The minimum Gasteiger partial charge on any atom is -0.492 e. The van der Waals surface area contributed by atoms with Gasteiger partial charge < -0.3 is 10.5 Å². The van der Waals surface area contributed by atoms with E-state index in [1.54, 1.807) is 19.1 Å². The summed E-state index contributed by atoms with van der Waals surface area (Å²) in [6.07, 6.45) is 0. The Labute approximate surface area is 124 Å². The van der Waals surface area contributed by atoms with Crippen LogP contribution in [-0.4, -0.2) is 6.61 Å². The van der Waals surface area contributed by atoms with Crippen LogP contribution in [-0.2, 0) is 5.41 Å². The highest BCUT2D eigenvalue weighted by molar-refractivity contribution is 5.47. The monoisotopic (exact) mass is 285 g/mol. The van der Waals surface area contributed by atoms with Gasteiger partial charge in [-0.25, -0.2) is 4.39 Å². The number of nitrogens with two attached hydrogens (primary N) is 1. The summed E-state index contributed by atoms with van der Waals surface area (Å²) >= 11 is 0. The molecule has 0 saturated carbocycles. The average molecular weight is 285 g/mol. The van der Waals surface area contributed by atoms with Gasteiger partial charge in [-0.15, -0.1) is 0 Å². The van der Waals surface area contributed by atoms with Crippen LogP contribution in [0.4, 0.5) is 4.39 Å². The minimum absolute atomic E-state index is 0.0315. The fraction of sp³-hybridized carbons (Fsp3) is 0.333. The standard InChI is InChI=1S/C18H20FNO/c1-11-5-4-6-13(16(11)19)17(20)12-7-8-15-14(9-12)18(2,3)10-21-15/h4-9,17H,10,20H2,1-3H3. The van der Waals surface area contributed by atoms with Crippen LogP contribution in [0.25, 0.3) is 0 Å². The van der Waals surface area contributed by atoms with Crippen molar-refractivity contribution in [1.82, 2.24) is 0 Å². The van der Waals surface area contributed by atoms with E-state index >= 15 is 0 Å². The molecule has 110 valence electrons. The number of halogens is 1. The van der Waals surface area contributed by atoms with E-state index in [-0.39, 0.29) is 11.2 Å². The van der Waals surface area contributed by atoms with Gasteiger partial charge in [0.15, 0.2) is 0 Å². The van der Waals surface area contributed by atoms with Gasteiger partial charge in [0.25, 0.3) is 0 Å². The number of ether oxygens (including phenoxy) is 1. The Morgan fingerprint density at radius 2 is 2.00 bits per heavy atom.